The topological polar surface area (TPSA) is 82.8 Å². The highest BCUT2D eigenvalue weighted by Gasteiger charge is 2.30. The van der Waals surface area contributed by atoms with Crippen LogP contribution in [0.1, 0.15) is 18.1 Å². The number of nitrogens with two attached hydrogens (primary N) is 1. The first kappa shape index (κ1) is 18.6. The van der Waals surface area contributed by atoms with E-state index in [1.165, 1.54) is 0 Å². The predicted molar refractivity (Wildman–Crippen MR) is 95.9 cm³/mol. The van der Waals surface area contributed by atoms with Crippen LogP contribution in [-0.4, -0.2) is 27.2 Å². The average molecular weight is 344 g/mol. The summed E-state index contributed by atoms with van der Waals surface area (Å²) in [6.45, 7) is 1.94. The van der Waals surface area contributed by atoms with Gasteiger partial charge in [0.25, 0.3) is 0 Å². The number of nitrogens with one attached hydrogen (secondary N) is 1. The van der Waals surface area contributed by atoms with E-state index in [9.17, 15) is 4.79 Å². The summed E-state index contributed by atoms with van der Waals surface area (Å²) in [7, 11) is 4.67. The van der Waals surface area contributed by atoms with Crippen molar-refractivity contribution >= 4 is 5.91 Å². The Kier molecular flexibility index (Phi) is 5.88. The second-order valence-corrected chi connectivity index (χ2v) is 5.77. The minimum absolute atomic E-state index is 0.252. The van der Waals surface area contributed by atoms with Gasteiger partial charge in [0.15, 0.2) is 11.5 Å². The third-order valence-electron chi connectivity index (χ3n) is 4.07. The molecule has 2 rings (SSSR count). The molecule has 134 valence electrons. The number of carbonyl (C=O) groups is 1. The maximum atomic E-state index is 12.6. The number of amides is 1. The van der Waals surface area contributed by atoms with Gasteiger partial charge in [-0.25, -0.2) is 0 Å². The summed E-state index contributed by atoms with van der Waals surface area (Å²) in [4.78, 5) is 12.6. The lowest BCUT2D eigenvalue weighted by Crippen LogP contribution is -2.48. The Bertz CT molecular complexity index is 730. The number of hydrogen-bond donors (Lipinski definition) is 2. The zero-order valence-corrected chi connectivity index (χ0v) is 15.0. The molecule has 1 unspecified atom stereocenters. The second kappa shape index (κ2) is 7.90. The molecule has 0 aliphatic heterocycles. The normalized spacial score (nSPS) is 12.8. The van der Waals surface area contributed by atoms with E-state index in [2.05, 4.69) is 5.32 Å². The van der Waals surface area contributed by atoms with Gasteiger partial charge in [-0.1, -0.05) is 30.3 Å². The van der Waals surface area contributed by atoms with E-state index in [1.807, 2.05) is 30.3 Å². The second-order valence-electron chi connectivity index (χ2n) is 5.77. The molecule has 25 heavy (non-hydrogen) atoms. The maximum Gasteiger partial charge on any atom is 0.244 e. The van der Waals surface area contributed by atoms with E-state index < -0.39 is 5.54 Å². The van der Waals surface area contributed by atoms with Gasteiger partial charge in [0, 0.05) is 18.2 Å². The molecule has 0 aliphatic rings. The van der Waals surface area contributed by atoms with Crippen molar-refractivity contribution in [1.29, 1.82) is 0 Å². The Balaban J connectivity index is 2.19. The van der Waals surface area contributed by atoms with Crippen LogP contribution in [0.5, 0.6) is 17.2 Å². The van der Waals surface area contributed by atoms with Gasteiger partial charge in [-0.2, -0.15) is 0 Å². The van der Waals surface area contributed by atoms with Crippen molar-refractivity contribution in [3.63, 3.8) is 0 Å². The largest absolute Gasteiger partial charge is 0.496 e. The van der Waals surface area contributed by atoms with Crippen molar-refractivity contribution in [1.82, 2.24) is 5.32 Å². The van der Waals surface area contributed by atoms with Gasteiger partial charge < -0.3 is 25.3 Å². The minimum Gasteiger partial charge on any atom is -0.496 e. The molecule has 1 amide bonds. The molecule has 0 heterocycles. The molecule has 0 saturated carbocycles. The van der Waals surface area contributed by atoms with Crippen LogP contribution in [0.15, 0.2) is 42.5 Å². The van der Waals surface area contributed by atoms with Crippen LogP contribution in [0.2, 0.25) is 0 Å². The molecule has 1 atom stereocenters. The van der Waals surface area contributed by atoms with Gasteiger partial charge in [0.1, 0.15) is 11.3 Å². The molecule has 3 N–H and O–H groups in total. The van der Waals surface area contributed by atoms with E-state index in [1.54, 1.807) is 40.4 Å². The zero-order valence-electron chi connectivity index (χ0n) is 15.0. The van der Waals surface area contributed by atoms with Gasteiger partial charge in [-0.15, -0.1) is 0 Å². The first-order valence-corrected chi connectivity index (χ1v) is 7.85. The first-order valence-electron chi connectivity index (χ1n) is 7.85. The van der Waals surface area contributed by atoms with Gasteiger partial charge >= 0.3 is 0 Å². The highest BCUT2D eigenvalue weighted by atomic mass is 16.5. The zero-order chi connectivity index (χ0) is 18.4. The molecule has 0 spiro atoms. The van der Waals surface area contributed by atoms with Crippen LogP contribution in [0.3, 0.4) is 0 Å². The van der Waals surface area contributed by atoms with Gasteiger partial charge in [-0.3, -0.25) is 4.79 Å². The Morgan fingerprint density at radius 2 is 1.56 bits per heavy atom. The van der Waals surface area contributed by atoms with Crippen molar-refractivity contribution in [2.75, 3.05) is 21.3 Å². The molecular formula is C19H24N2O4. The summed E-state index contributed by atoms with van der Waals surface area (Å²) in [6.07, 6.45) is 0. The highest BCUT2D eigenvalue weighted by Crippen LogP contribution is 2.34. The van der Waals surface area contributed by atoms with Crippen molar-refractivity contribution in [2.45, 2.75) is 19.0 Å². The summed E-state index contributed by atoms with van der Waals surface area (Å²) in [5.41, 5.74) is 6.60. The number of carbonyl (C=O) groups excluding carboxylic acids is 1. The number of hydrogen-bond acceptors (Lipinski definition) is 5. The molecule has 6 heteroatoms. The average Bonchev–Trinajstić information content (AvgIpc) is 2.65. The Morgan fingerprint density at radius 1 is 1.00 bits per heavy atom. The van der Waals surface area contributed by atoms with Crippen LogP contribution in [0, 0.1) is 0 Å². The number of rotatable bonds is 7. The fourth-order valence-electron chi connectivity index (χ4n) is 2.51. The van der Waals surface area contributed by atoms with Crippen molar-refractivity contribution in [3.05, 3.63) is 53.6 Å². The molecular weight excluding hydrogens is 320 g/mol. The summed E-state index contributed by atoms with van der Waals surface area (Å²) in [5.74, 6) is 1.43. The number of benzene rings is 2. The molecule has 0 fully saturated rings. The van der Waals surface area contributed by atoms with Crippen LogP contribution in [0.4, 0.5) is 0 Å². The summed E-state index contributed by atoms with van der Waals surface area (Å²) in [6, 6.07) is 12.7. The van der Waals surface area contributed by atoms with Crippen molar-refractivity contribution < 1.29 is 19.0 Å². The van der Waals surface area contributed by atoms with E-state index in [4.69, 9.17) is 19.9 Å². The highest BCUT2D eigenvalue weighted by molar-refractivity contribution is 5.87. The molecule has 0 aromatic heterocycles. The lowest BCUT2D eigenvalue weighted by molar-refractivity contribution is -0.126. The Hall–Kier alpha value is -2.73. The van der Waals surface area contributed by atoms with E-state index in [0.717, 1.165) is 11.1 Å². The van der Waals surface area contributed by atoms with Gasteiger partial charge in [0.2, 0.25) is 5.91 Å². The molecule has 0 radical (unpaired) electrons. The standard InChI is InChI=1S/C19H24N2O4/c1-19(20,14-8-6-5-7-9-14)18(22)21-12-13-10-16(24-3)17(25-4)11-15(13)23-2/h5-11H,12,20H2,1-4H3,(H,21,22). The Morgan fingerprint density at radius 3 is 2.12 bits per heavy atom. The molecule has 6 nitrogen and oxygen atoms in total. The van der Waals surface area contributed by atoms with E-state index in [-0.39, 0.29) is 12.5 Å². The molecule has 0 aliphatic carbocycles. The van der Waals surface area contributed by atoms with Gasteiger partial charge in [0.05, 0.1) is 21.3 Å². The van der Waals surface area contributed by atoms with Crippen LogP contribution >= 0.6 is 0 Å². The number of methoxy groups -OCH3 is 3. The molecule has 2 aromatic carbocycles. The maximum absolute atomic E-state index is 12.6. The third kappa shape index (κ3) is 4.03. The predicted octanol–water partition coefficient (Wildman–Crippen LogP) is 2.20. The summed E-state index contributed by atoms with van der Waals surface area (Å²) in [5, 5.41) is 2.86. The van der Waals surface area contributed by atoms with E-state index >= 15 is 0 Å². The summed E-state index contributed by atoms with van der Waals surface area (Å²) < 4.78 is 15.9. The third-order valence-corrected chi connectivity index (χ3v) is 4.07. The fourth-order valence-corrected chi connectivity index (χ4v) is 2.51. The number of ether oxygens (including phenoxy) is 3. The van der Waals surface area contributed by atoms with E-state index in [0.29, 0.717) is 17.2 Å². The van der Waals surface area contributed by atoms with Crippen LogP contribution in [-0.2, 0) is 16.9 Å². The monoisotopic (exact) mass is 344 g/mol. The minimum atomic E-state index is -1.13. The van der Waals surface area contributed by atoms with Crippen molar-refractivity contribution in [3.8, 4) is 17.2 Å². The first-order chi connectivity index (χ1) is 11.9. The Labute approximate surface area is 147 Å². The lowest BCUT2D eigenvalue weighted by atomic mass is 9.92. The lowest BCUT2D eigenvalue weighted by Gasteiger charge is -2.24. The smallest absolute Gasteiger partial charge is 0.244 e. The van der Waals surface area contributed by atoms with Gasteiger partial charge in [-0.05, 0) is 18.6 Å². The summed E-state index contributed by atoms with van der Waals surface area (Å²) >= 11 is 0. The van der Waals surface area contributed by atoms with Crippen LogP contribution < -0.4 is 25.3 Å². The fraction of sp³-hybridized carbons (Fsp3) is 0.316. The molecule has 0 bridgehead atoms. The molecule has 0 saturated heterocycles. The van der Waals surface area contributed by atoms with Crippen molar-refractivity contribution in [2.24, 2.45) is 5.73 Å². The molecule has 2 aromatic rings. The SMILES string of the molecule is COc1cc(OC)c(OC)cc1CNC(=O)C(C)(N)c1ccccc1. The van der Waals surface area contributed by atoms with Crippen LogP contribution in [0.25, 0.3) is 0 Å². The quantitative estimate of drug-likeness (QED) is 0.805.